The third-order valence-electron chi connectivity index (χ3n) is 5.10. The molecule has 0 aliphatic carbocycles. The predicted octanol–water partition coefficient (Wildman–Crippen LogP) is 2.48. The summed E-state index contributed by atoms with van der Waals surface area (Å²) in [7, 11) is 1.56. The van der Waals surface area contributed by atoms with E-state index in [1.54, 1.807) is 50.5 Å². The highest BCUT2D eigenvalue weighted by Crippen LogP contribution is 2.41. The Kier molecular flexibility index (Phi) is 5.72. The van der Waals surface area contributed by atoms with E-state index in [-0.39, 0.29) is 24.3 Å². The van der Waals surface area contributed by atoms with Crippen LogP contribution in [0.1, 0.15) is 41.9 Å². The average Bonchev–Trinajstić information content (AvgIpc) is 3.27. The minimum absolute atomic E-state index is 0.0240. The minimum Gasteiger partial charge on any atom is -0.491 e. The molecule has 0 bridgehead atoms. The van der Waals surface area contributed by atoms with Gasteiger partial charge in [-0.15, -0.1) is 0 Å². The molecular formula is C21H25FN4O3. The van der Waals surface area contributed by atoms with Gasteiger partial charge in [0.2, 0.25) is 0 Å². The molecule has 2 heterocycles. The fourth-order valence-electron chi connectivity index (χ4n) is 3.54. The summed E-state index contributed by atoms with van der Waals surface area (Å²) in [6.45, 7) is 3.58. The fourth-order valence-corrected chi connectivity index (χ4v) is 3.54. The maximum atomic E-state index is 13.3. The number of ether oxygens (including phenoxy) is 1. The molecule has 1 unspecified atom stereocenters. The summed E-state index contributed by atoms with van der Waals surface area (Å²) in [4.78, 5) is 31.6. The van der Waals surface area contributed by atoms with E-state index in [0.29, 0.717) is 35.5 Å². The van der Waals surface area contributed by atoms with Crippen molar-refractivity contribution in [3.63, 3.8) is 0 Å². The van der Waals surface area contributed by atoms with E-state index in [9.17, 15) is 14.0 Å². The van der Waals surface area contributed by atoms with E-state index < -0.39 is 12.2 Å². The van der Waals surface area contributed by atoms with Gasteiger partial charge in [0.05, 0.1) is 5.69 Å². The van der Waals surface area contributed by atoms with Crippen LogP contribution in [0, 0.1) is 0 Å². The molecule has 0 radical (unpaired) electrons. The normalized spacial score (nSPS) is 18.8. The number of guanidine groups is 1. The molecule has 7 nitrogen and oxygen atoms in total. The Bertz CT molecular complexity index is 969. The topological polar surface area (TPSA) is 89.9 Å². The monoisotopic (exact) mass is 400 g/mol. The summed E-state index contributed by atoms with van der Waals surface area (Å²) in [5.74, 6) is 0.151. The molecular weight excluding hydrogens is 375 g/mol. The molecule has 29 heavy (non-hydrogen) atoms. The summed E-state index contributed by atoms with van der Waals surface area (Å²) < 4.78 is 19.7. The molecule has 0 fully saturated rings. The van der Waals surface area contributed by atoms with E-state index in [0.717, 1.165) is 0 Å². The number of nitrogens with two attached hydrogens (primary N) is 1. The second kappa shape index (κ2) is 8.06. The Morgan fingerprint density at radius 1 is 1.28 bits per heavy atom. The van der Waals surface area contributed by atoms with Crippen LogP contribution in [0.5, 0.6) is 5.75 Å². The standard InChI is InChI=1S/C21H25FN4O3/c1-4-18(27)17-12-15(13-26(17)5-2)21(19(28)25(3)20(23)24-21)14-7-6-8-16(11-14)29-10-9-22/h6-8,11-13H,4-5,9-10H2,1-3H3,(H2,23,24). The SMILES string of the molecule is CCC(=O)c1cc(C2(c3cccc(OCCF)c3)N=C(N)N(C)C2=O)cn1CC. The number of nitrogens with zero attached hydrogens (tertiary/aromatic N) is 3. The Hall–Kier alpha value is -3.16. The van der Waals surface area contributed by atoms with Gasteiger partial charge in [0.25, 0.3) is 5.91 Å². The molecule has 1 aliphatic rings. The van der Waals surface area contributed by atoms with Crippen molar-refractivity contribution in [3.05, 3.63) is 53.3 Å². The molecule has 1 aliphatic heterocycles. The van der Waals surface area contributed by atoms with Crippen LogP contribution >= 0.6 is 0 Å². The van der Waals surface area contributed by atoms with Crippen LogP contribution < -0.4 is 10.5 Å². The molecule has 2 aromatic rings. The second-order valence-electron chi connectivity index (χ2n) is 6.79. The van der Waals surface area contributed by atoms with Gasteiger partial charge in [-0.3, -0.25) is 14.5 Å². The van der Waals surface area contributed by atoms with Crippen molar-refractivity contribution in [1.82, 2.24) is 9.47 Å². The molecule has 1 amide bonds. The van der Waals surface area contributed by atoms with Gasteiger partial charge in [0, 0.05) is 31.8 Å². The zero-order chi connectivity index (χ0) is 21.2. The minimum atomic E-state index is -1.43. The number of hydrogen-bond acceptors (Lipinski definition) is 5. The van der Waals surface area contributed by atoms with E-state index in [4.69, 9.17) is 10.5 Å². The number of benzene rings is 1. The van der Waals surface area contributed by atoms with Crippen LogP contribution in [0.4, 0.5) is 4.39 Å². The lowest BCUT2D eigenvalue weighted by atomic mass is 9.84. The summed E-state index contributed by atoms with van der Waals surface area (Å²) >= 11 is 0. The van der Waals surface area contributed by atoms with Crippen molar-refractivity contribution in [2.24, 2.45) is 10.7 Å². The third kappa shape index (κ3) is 3.39. The molecule has 8 heteroatoms. The van der Waals surface area contributed by atoms with Gasteiger partial charge >= 0.3 is 0 Å². The summed E-state index contributed by atoms with van der Waals surface area (Å²) in [6.07, 6.45) is 2.12. The van der Waals surface area contributed by atoms with E-state index in [1.807, 2.05) is 11.5 Å². The van der Waals surface area contributed by atoms with Gasteiger partial charge in [0.15, 0.2) is 17.3 Å². The molecule has 154 valence electrons. The van der Waals surface area contributed by atoms with Crippen LogP contribution in [0.25, 0.3) is 0 Å². The zero-order valence-corrected chi connectivity index (χ0v) is 16.8. The number of amides is 1. The van der Waals surface area contributed by atoms with E-state index in [1.165, 1.54) is 4.90 Å². The maximum Gasteiger partial charge on any atom is 0.266 e. The molecule has 0 spiro atoms. The molecule has 3 rings (SSSR count). The molecule has 1 aromatic carbocycles. The first kappa shape index (κ1) is 20.6. The average molecular weight is 400 g/mol. The number of rotatable bonds is 8. The quantitative estimate of drug-likeness (QED) is 0.690. The van der Waals surface area contributed by atoms with Gasteiger partial charge in [-0.1, -0.05) is 19.1 Å². The second-order valence-corrected chi connectivity index (χ2v) is 6.79. The van der Waals surface area contributed by atoms with Crippen molar-refractivity contribution < 1.29 is 18.7 Å². The zero-order valence-electron chi connectivity index (χ0n) is 16.8. The van der Waals surface area contributed by atoms with Gasteiger partial charge in [-0.25, -0.2) is 9.38 Å². The van der Waals surface area contributed by atoms with Crippen molar-refractivity contribution in [3.8, 4) is 5.75 Å². The van der Waals surface area contributed by atoms with E-state index >= 15 is 0 Å². The highest BCUT2D eigenvalue weighted by atomic mass is 19.1. The van der Waals surface area contributed by atoms with Crippen LogP contribution in [-0.4, -0.2) is 47.4 Å². The summed E-state index contributed by atoms with van der Waals surface area (Å²) in [5.41, 5.74) is 6.18. The lowest BCUT2D eigenvalue weighted by Crippen LogP contribution is -2.41. The van der Waals surface area contributed by atoms with Gasteiger partial charge in [0.1, 0.15) is 19.0 Å². The van der Waals surface area contributed by atoms with Gasteiger partial charge < -0.3 is 15.0 Å². The van der Waals surface area contributed by atoms with Crippen molar-refractivity contribution in [1.29, 1.82) is 0 Å². The first-order chi connectivity index (χ1) is 13.9. The third-order valence-corrected chi connectivity index (χ3v) is 5.10. The number of ketones is 1. The number of carbonyl (C=O) groups excluding carboxylic acids is 2. The first-order valence-corrected chi connectivity index (χ1v) is 9.55. The number of hydrogen-bond donors (Lipinski definition) is 1. The largest absolute Gasteiger partial charge is 0.491 e. The predicted molar refractivity (Wildman–Crippen MR) is 108 cm³/mol. The number of carbonyl (C=O) groups is 2. The number of likely N-dealkylation sites (N-methyl/N-ethyl adjacent to an activating group) is 1. The Labute approximate surface area is 169 Å². The highest BCUT2D eigenvalue weighted by Gasteiger charge is 2.50. The Balaban J connectivity index is 2.21. The molecule has 2 N–H and O–H groups in total. The molecule has 1 aromatic heterocycles. The fraction of sp³-hybridized carbons (Fsp3) is 0.381. The van der Waals surface area contributed by atoms with Gasteiger partial charge in [-0.2, -0.15) is 0 Å². The van der Waals surface area contributed by atoms with Crippen molar-refractivity contribution in [2.45, 2.75) is 32.4 Å². The van der Waals surface area contributed by atoms with Crippen molar-refractivity contribution >= 4 is 17.6 Å². The number of aromatic nitrogens is 1. The highest BCUT2D eigenvalue weighted by molar-refractivity contribution is 6.09. The number of aliphatic imine (C=N–C) groups is 1. The molecule has 1 atom stereocenters. The summed E-state index contributed by atoms with van der Waals surface area (Å²) in [6, 6.07) is 8.52. The van der Waals surface area contributed by atoms with Crippen LogP contribution in [0.2, 0.25) is 0 Å². The van der Waals surface area contributed by atoms with E-state index in [2.05, 4.69) is 4.99 Å². The lowest BCUT2D eigenvalue weighted by molar-refractivity contribution is -0.129. The van der Waals surface area contributed by atoms with Crippen LogP contribution in [0.15, 0.2) is 41.5 Å². The van der Waals surface area contributed by atoms with Crippen LogP contribution in [0.3, 0.4) is 0 Å². The van der Waals surface area contributed by atoms with Gasteiger partial charge in [-0.05, 0) is 30.7 Å². The first-order valence-electron chi connectivity index (χ1n) is 9.55. The lowest BCUT2D eigenvalue weighted by Gasteiger charge is -2.25. The number of halogens is 1. The smallest absolute Gasteiger partial charge is 0.266 e. The number of alkyl halides is 1. The molecule has 0 saturated heterocycles. The Morgan fingerprint density at radius 2 is 2.03 bits per heavy atom. The van der Waals surface area contributed by atoms with Crippen LogP contribution in [-0.2, 0) is 16.9 Å². The number of aryl methyl sites for hydroxylation is 1. The number of Topliss-reactive ketones (excluding diaryl/α,β-unsaturated/α-hetero) is 1. The Morgan fingerprint density at radius 3 is 2.62 bits per heavy atom. The molecule has 0 saturated carbocycles. The van der Waals surface area contributed by atoms with Crippen molar-refractivity contribution in [2.75, 3.05) is 20.3 Å². The maximum absolute atomic E-state index is 13.3. The summed E-state index contributed by atoms with van der Waals surface area (Å²) in [5, 5.41) is 0.